The Morgan fingerprint density at radius 1 is 0.889 bits per heavy atom. The normalized spacial score (nSPS) is 14.7. The zero-order valence-electron chi connectivity index (χ0n) is 15.1. The third-order valence-electron chi connectivity index (χ3n) is 5.38. The zero-order valence-corrected chi connectivity index (χ0v) is 15.1. The lowest BCUT2D eigenvalue weighted by Crippen LogP contribution is -1.93. The summed E-state index contributed by atoms with van der Waals surface area (Å²) in [5, 5.41) is 0. The molecule has 0 bridgehead atoms. The van der Waals surface area contributed by atoms with Gasteiger partial charge in [-0.25, -0.2) is 9.97 Å². The van der Waals surface area contributed by atoms with Crippen LogP contribution in [0.1, 0.15) is 37.2 Å². The summed E-state index contributed by atoms with van der Waals surface area (Å²) in [6.07, 6.45) is 11.0. The molecule has 0 unspecified atom stereocenters. The third-order valence-corrected chi connectivity index (χ3v) is 5.38. The first-order valence-corrected chi connectivity index (χ1v) is 9.53. The summed E-state index contributed by atoms with van der Waals surface area (Å²) in [5.41, 5.74) is 4.60. The van der Waals surface area contributed by atoms with Crippen molar-refractivity contribution in [3.05, 3.63) is 78.9 Å². The molecule has 4 heteroatoms. The van der Waals surface area contributed by atoms with Gasteiger partial charge in [0, 0.05) is 11.9 Å². The van der Waals surface area contributed by atoms with Crippen molar-refractivity contribution in [1.82, 2.24) is 14.5 Å². The van der Waals surface area contributed by atoms with Gasteiger partial charge in [0.1, 0.15) is 17.8 Å². The van der Waals surface area contributed by atoms with Crippen LogP contribution in [0.2, 0.25) is 0 Å². The highest BCUT2D eigenvalue weighted by atomic mass is 16.5. The van der Waals surface area contributed by atoms with E-state index in [1.807, 2.05) is 48.7 Å². The van der Waals surface area contributed by atoms with E-state index in [1.54, 1.807) is 6.33 Å². The van der Waals surface area contributed by atoms with Gasteiger partial charge in [-0.1, -0.05) is 31.0 Å². The average Bonchev–Trinajstić information content (AvgIpc) is 3.37. The topological polar surface area (TPSA) is 39.9 Å². The van der Waals surface area contributed by atoms with Crippen LogP contribution in [0, 0.1) is 0 Å². The Kier molecular flexibility index (Phi) is 4.09. The minimum atomic E-state index is 0.615. The molecule has 5 rings (SSSR count). The van der Waals surface area contributed by atoms with Crippen LogP contribution in [-0.2, 0) is 0 Å². The lowest BCUT2D eigenvalue weighted by molar-refractivity contribution is 0.482. The number of hydrogen-bond acceptors (Lipinski definition) is 3. The van der Waals surface area contributed by atoms with Crippen molar-refractivity contribution in [3.8, 4) is 17.2 Å². The largest absolute Gasteiger partial charge is 0.457 e. The highest BCUT2D eigenvalue weighted by Gasteiger charge is 2.22. The SMILES string of the molecule is c1ccc(Oc2ccc(-n3cc(C4CCCC4)c4ncncc43)cc2)cc1. The number of para-hydroxylation sites is 1. The molecular formula is C23H21N3O. The van der Waals surface area contributed by atoms with Crippen LogP contribution in [0.15, 0.2) is 73.3 Å². The van der Waals surface area contributed by atoms with Crippen LogP contribution in [0.3, 0.4) is 0 Å². The molecule has 1 saturated carbocycles. The van der Waals surface area contributed by atoms with Crippen LogP contribution in [0.5, 0.6) is 11.5 Å². The second-order valence-corrected chi connectivity index (χ2v) is 7.10. The summed E-state index contributed by atoms with van der Waals surface area (Å²) in [5.74, 6) is 2.28. The summed E-state index contributed by atoms with van der Waals surface area (Å²) in [4.78, 5) is 8.84. The Bertz CT molecular complexity index is 1050. The van der Waals surface area contributed by atoms with E-state index in [0.29, 0.717) is 5.92 Å². The highest BCUT2D eigenvalue weighted by molar-refractivity contribution is 5.81. The number of hydrogen-bond donors (Lipinski definition) is 0. The molecule has 4 nitrogen and oxygen atoms in total. The Morgan fingerprint density at radius 3 is 2.41 bits per heavy atom. The Labute approximate surface area is 158 Å². The monoisotopic (exact) mass is 355 g/mol. The summed E-state index contributed by atoms with van der Waals surface area (Å²) in [6.45, 7) is 0. The summed E-state index contributed by atoms with van der Waals surface area (Å²) in [7, 11) is 0. The molecule has 1 fully saturated rings. The average molecular weight is 355 g/mol. The van der Waals surface area contributed by atoms with Gasteiger partial charge in [0.2, 0.25) is 0 Å². The van der Waals surface area contributed by atoms with E-state index in [9.17, 15) is 0 Å². The van der Waals surface area contributed by atoms with Gasteiger partial charge in [0.15, 0.2) is 0 Å². The maximum atomic E-state index is 5.91. The molecule has 0 amide bonds. The number of nitrogens with zero attached hydrogens (tertiary/aromatic N) is 3. The van der Waals surface area contributed by atoms with E-state index in [0.717, 1.165) is 28.2 Å². The molecule has 0 radical (unpaired) electrons. The van der Waals surface area contributed by atoms with E-state index < -0.39 is 0 Å². The zero-order chi connectivity index (χ0) is 18.1. The molecule has 134 valence electrons. The van der Waals surface area contributed by atoms with Crippen molar-refractivity contribution < 1.29 is 4.74 Å². The van der Waals surface area contributed by atoms with Crippen molar-refractivity contribution in [2.24, 2.45) is 0 Å². The molecule has 4 aromatic rings. The second-order valence-electron chi connectivity index (χ2n) is 7.10. The van der Waals surface area contributed by atoms with Gasteiger partial charge in [-0.15, -0.1) is 0 Å². The van der Waals surface area contributed by atoms with Gasteiger partial charge in [-0.2, -0.15) is 0 Å². The minimum absolute atomic E-state index is 0.615. The molecule has 0 N–H and O–H groups in total. The number of benzene rings is 2. The highest BCUT2D eigenvalue weighted by Crippen LogP contribution is 2.38. The molecule has 0 atom stereocenters. The van der Waals surface area contributed by atoms with Gasteiger partial charge in [0.05, 0.1) is 17.2 Å². The lowest BCUT2D eigenvalue weighted by atomic mass is 10.00. The quantitative estimate of drug-likeness (QED) is 0.459. The van der Waals surface area contributed by atoms with Crippen LogP contribution >= 0.6 is 0 Å². The maximum absolute atomic E-state index is 5.91. The van der Waals surface area contributed by atoms with Crippen molar-refractivity contribution >= 4 is 11.0 Å². The number of aromatic nitrogens is 3. The van der Waals surface area contributed by atoms with Crippen LogP contribution in [-0.4, -0.2) is 14.5 Å². The standard InChI is InChI=1S/C23H21N3O/c1-2-8-19(9-3-1)27-20-12-10-18(11-13-20)26-15-21(17-6-4-5-7-17)23-22(26)14-24-16-25-23/h1-3,8-17H,4-7H2. The van der Waals surface area contributed by atoms with Gasteiger partial charge >= 0.3 is 0 Å². The molecule has 0 spiro atoms. The van der Waals surface area contributed by atoms with E-state index in [1.165, 1.54) is 31.2 Å². The van der Waals surface area contributed by atoms with Gasteiger partial charge < -0.3 is 9.30 Å². The molecule has 0 saturated heterocycles. The van der Waals surface area contributed by atoms with Gasteiger partial charge in [-0.3, -0.25) is 0 Å². The first-order chi connectivity index (χ1) is 13.4. The predicted octanol–water partition coefficient (Wildman–Crippen LogP) is 5.87. The van der Waals surface area contributed by atoms with E-state index in [2.05, 4.69) is 32.9 Å². The van der Waals surface area contributed by atoms with Gasteiger partial charge in [-0.05, 0) is 60.7 Å². The fourth-order valence-electron chi connectivity index (χ4n) is 4.04. The lowest BCUT2D eigenvalue weighted by Gasteiger charge is -2.08. The number of rotatable bonds is 4. The van der Waals surface area contributed by atoms with Crippen LogP contribution < -0.4 is 4.74 Å². The van der Waals surface area contributed by atoms with Crippen molar-refractivity contribution in [2.75, 3.05) is 0 Å². The summed E-state index contributed by atoms with van der Waals surface area (Å²) in [6, 6.07) is 18.0. The van der Waals surface area contributed by atoms with Crippen molar-refractivity contribution in [2.45, 2.75) is 31.6 Å². The molecule has 27 heavy (non-hydrogen) atoms. The number of fused-ring (bicyclic) bond motifs is 1. The van der Waals surface area contributed by atoms with E-state index in [4.69, 9.17) is 4.74 Å². The third kappa shape index (κ3) is 3.08. The van der Waals surface area contributed by atoms with Crippen LogP contribution in [0.25, 0.3) is 16.7 Å². The Morgan fingerprint density at radius 2 is 1.63 bits per heavy atom. The molecule has 1 aliphatic carbocycles. The summed E-state index contributed by atoms with van der Waals surface area (Å²) >= 11 is 0. The first-order valence-electron chi connectivity index (χ1n) is 9.53. The Hall–Kier alpha value is -3.14. The molecule has 2 heterocycles. The van der Waals surface area contributed by atoms with E-state index in [-0.39, 0.29) is 0 Å². The second kappa shape index (κ2) is 6.88. The van der Waals surface area contributed by atoms with E-state index >= 15 is 0 Å². The fourth-order valence-corrected chi connectivity index (χ4v) is 4.04. The molecule has 0 aliphatic heterocycles. The van der Waals surface area contributed by atoms with Gasteiger partial charge in [0.25, 0.3) is 0 Å². The van der Waals surface area contributed by atoms with Crippen molar-refractivity contribution in [3.63, 3.8) is 0 Å². The Balaban J connectivity index is 1.50. The van der Waals surface area contributed by atoms with Crippen molar-refractivity contribution in [1.29, 1.82) is 0 Å². The molecular weight excluding hydrogens is 334 g/mol. The predicted molar refractivity (Wildman–Crippen MR) is 107 cm³/mol. The summed E-state index contributed by atoms with van der Waals surface area (Å²) < 4.78 is 8.11. The fraction of sp³-hybridized carbons (Fsp3) is 0.217. The maximum Gasteiger partial charge on any atom is 0.127 e. The minimum Gasteiger partial charge on any atom is -0.457 e. The number of ether oxygens (including phenoxy) is 1. The molecule has 2 aromatic carbocycles. The smallest absolute Gasteiger partial charge is 0.127 e. The van der Waals surface area contributed by atoms with Crippen LogP contribution in [0.4, 0.5) is 0 Å². The molecule has 1 aliphatic rings. The molecule has 2 aromatic heterocycles. The first kappa shape index (κ1) is 16.1.